The lowest BCUT2D eigenvalue weighted by molar-refractivity contribution is 0.235. The van der Waals surface area contributed by atoms with E-state index in [1.807, 2.05) is 13.8 Å². The van der Waals surface area contributed by atoms with Crippen molar-refractivity contribution < 1.29 is 4.74 Å². The minimum absolute atomic E-state index is 0.0843. The quantitative estimate of drug-likeness (QED) is 0.891. The summed E-state index contributed by atoms with van der Waals surface area (Å²) in [5, 5.41) is 2.79. The molecular formula is C13H16N4O2. The van der Waals surface area contributed by atoms with E-state index in [2.05, 4.69) is 15.1 Å². The van der Waals surface area contributed by atoms with E-state index in [-0.39, 0.29) is 11.5 Å². The van der Waals surface area contributed by atoms with Crippen LogP contribution in [0.4, 0.5) is 0 Å². The molecular weight excluding hydrogens is 244 g/mol. The summed E-state index contributed by atoms with van der Waals surface area (Å²) in [6.45, 7) is 4.72. The van der Waals surface area contributed by atoms with Crippen molar-refractivity contribution in [2.75, 3.05) is 6.61 Å². The zero-order valence-corrected chi connectivity index (χ0v) is 11.0. The van der Waals surface area contributed by atoms with Crippen LogP contribution in [0.2, 0.25) is 0 Å². The Morgan fingerprint density at radius 1 is 1.47 bits per heavy atom. The minimum atomic E-state index is -0.0843. The van der Waals surface area contributed by atoms with Crippen molar-refractivity contribution in [3.63, 3.8) is 0 Å². The van der Waals surface area contributed by atoms with Crippen molar-refractivity contribution in [2.24, 2.45) is 0 Å². The molecule has 0 saturated carbocycles. The third-order valence-corrected chi connectivity index (χ3v) is 3.28. The fourth-order valence-corrected chi connectivity index (χ4v) is 2.37. The summed E-state index contributed by atoms with van der Waals surface area (Å²) in [5.41, 5.74) is 2.34. The van der Waals surface area contributed by atoms with Gasteiger partial charge in [0, 0.05) is 11.1 Å². The first-order valence-corrected chi connectivity index (χ1v) is 6.45. The number of aromatic nitrogens is 4. The summed E-state index contributed by atoms with van der Waals surface area (Å²) in [6, 6.07) is 0. The van der Waals surface area contributed by atoms with Crippen molar-refractivity contribution >= 4 is 11.4 Å². The number of aromatic amines is 1. The molecule has 1 N–H and O–H groups in total. The van der Waals surface area contributed by atoms with Crippen LogP contribution in [0.25, 0.3) is 11.4 Å². The maximum atomic E-state index is 12.5. The monoisotopic (exact) mass is 260 g/mol. The molecule has 1 aliphatic rings. The van der Waals surface area contributed by atoms with Gasteiger partial charge in [-0.05, 0) is 18.8 Å². The summed E-state index contributed by atoms with van der Waals surface area (Å²) in [5.74, 6) is 0.494. The Balaban J connectivity index is 2.29. The number of allylic oxidation sites excluding steroid dienone is 1. The number of hydrogen-bond acceptors (Lipinski definition) is 4. The van der Waals surface area contributed by atoms with Crippen molar-refractivity contribution in [1.29, 1.82) is 0 Å². The molecule has 0 unspecified atom stereocenters. The van der Waals surface area contributed by atoms with Gasteiger partial charge in [-0.1, -0.05) is 13.8 Å². The fourth-order valence-electron chi connectivity index (χ4n) is 2.37. The molecule has 6 nitrogen and oxygen atoms in total. The second-order valence-corrected chi connectivity index (χ2v) is 4.97. The van der Waals surface area contributed by atoms with E-state index in [9.17, 15) is 4.79 Å². The van der Waals surface area contributed by atoms with E-state index in [1.54, 1.807) is 6.26 Å². The lowest BCUT2D eigenvalue weighted by atomic mass is 9.96. The highest BCUT2D eigenvalue weighted by Crippen LogP contribution is 2.27. The average Bonchev–Trinajstić information content (AvgIpc) is 2.87. The first kappa shape index (κ1) is 12.0. The summed E-state index contributed by atoms with van der Waals surface area (Å²) in [4.78, 5) is 21.1. The van der Waals surface area contributed by atoms with E-state index in [1.165, 1.54) is 10.8 Å². The predicted octanol–water partition coefficient (Wildman–Crippen LogP) is 1.69. The minimum Gasteiger partial charge on any atom is -0.501 e. The molecule has 0 radical (unpaired) electrons. The van der Waals surface area contributed by atoms with Crippen LogP contribution in [0.15, 0.2) is 17.4 Å². The Morgan fingerprint density at radius 2 is 2.32 bits per heavy atom. The van der Waals surface area contributed by atoms with Crippen LogP contribution in [0.3, 0.4) is 0 Å². The second kappa shape index (κ2) is 4.53. The molecule has 0 aliphatic carbocycles. The van der Waals surface area contributed by atoms with Crippen LogP contribution in [-0.4, -0.2) is 26.2 Å². The SMILES string of the molecule is CC(C)c1c(C2=COCCC2)nc2nc[nH]n2c1=O. The van der Waals surface area contributed by atoms with Gasteiger partial charge in [-0.2, -0.15) is 4.52 Å². The van der Waals surface area contributed by atoms with E-state index >= 15 is 0 Å². The van der Waals surface area contributed by atoms with Gasteiger partial charge in [0.2, 0.25) is 0 Å². The van der Waals surface area contributed by atoms with Gasteiger partial charge in [0.15, 0.2) is 0 Å². The lowest BCUT2D eigenvalue weighted by Crippen LogP contribution is -2.24. The average molecular weight is 260 g/mol. The zero-order chi connectivity index (χ0) is 13.4. The Bertz CT molecular complexity index is 696. The molecule has 3 heterocycles. The van der Waals surface area contributed by atoms with Crippen LogP contribution in [0.5, 0.6) is 0 Å². The number of fused-ring (bicyclic) bond motifs is 1. The van der Waals surface area contributed by atoms with Crippen molar-refractivity contribution in [2.45, 2.75) is 32.6 Å². The lowest BCUT2D eigenvalue weighted by Gasteiger charge is -2.17. The normalized spacial score (nSPS) is 15.6. The van der Waals surface area contributed by atoms with Gasteiger partial charge in [-0.15, -0.1) is 0 Å². The molecule has 2 aromatic heterocycles. The third kappa shape index (κ3) is 1.93. The van der Waals surface area contributed by atoms with Gasteiger partial charge >= 0.3 is 0 Å². The van der Waals surface area contributed by atoms with Gasteiger partial charge in [-0.25, -0.2) is 9.97 Å². The Labute approximate surface area is 110 Å². The fraction of sp³-hybridized carbons (Fsp3) is 0.462. The molecule has 1 aliphatic heterocycles. The summed E-state index contributed by atoms with van der Waals surface area (Å²) in [6.07, 6.45) is 5.03. The first-order chi connectivity index (χ1) is 9.18. The number of hydrogen-bond donors (Lipinski definition) is 1. The van der Waals surface area contributed by atoms with Crippen molar-refractivity contribution in [1.82, 2.24) is 19.6 Å². The molecule has 0 saturated heterocycles. The topological polar surface area (TPSA) is 72.3 Å². The molecule has 0 bridgehead atoms. The zero-order valence-electron chi connectivity index (χ0n) is 11.0. The van der Waals surface area contributed by atoms with Crippen LogP contribution in [0.1, 0.15) is 43.9 Å². The third-order valence-electron chi connectivity index (χ3n) is 3.28. The van der Waals surface area contributed by atoms with E-state index in [0.29, 0.717) is 11.3 Å². The molecule has 2 aromatic rings. The molecule has 0 amide bonds. The molecule has 0 aromatic carbocycles. The Morgan fingerprint density at radius 3 is 3.00 bits per heavy atom. The van der Waals surface area contributed by atoms with E-state index < -0.39 is 0 Å². The van der Waals surface area contributed by atoms with Crippen LogP contribution in [0, 0.1) is 0 Å². The molecule has 0 spiro atoms. The maximum Gasteiger partial charge on any atom is 0.278 e. The highest BCUT2D eigenvalue weighted by Gasteiger charge is 2.21. The predicted molar refractivity (Wildman–Crippen MR) is 70.9 cm³/mol. The van der Waals surface area contributed by atoms with Crippen LogP contribution >= 0.6 is 0 Å². The van der Waals surface area contributed by atoms with Gasteiger partial charge in [0.1, 0.15) is 6.33 Å². The van der Waals surface area contributed by atoms with Gasteiger partial charge < -0.3 is 4.74 Å². The number of H-pyrrole nitrogens is 1. The first-order valence-electron chi connectivity index (χ1n) is 6.45. The largest absolute Gasteiger partial charge is 0.501 e. The number of ether oxygens (including phenoxy) is 1. The highest BCUT2D eigenvalue weighted by molar-refractivity contribution is 5.66. The second-order valence-electron chi connectivity index (χ2n) is 4.97. The number of nitrogens with zero attached hydrogens (tertiary/aromatic N) is 3. The van der Waals surface area contributed by atoms with Crippen LogP contribution in [-0.2, 0) is 4.74 Å². The Hall–Kier alpha value is -2.11. The van der Waals surface area contributed by atoms with Crippen molar-refractivity contribution in [3.8, 4) is 0 Å². The number of rotatable bonds is 2. The van der Waals surface area contributed by atoms with Crippen molar-refractivity contribution in [3.05, 3.63) is 34.2 Å². The number of nitrogens with one attached hydrogen (secondary N) is 1. The van der Waals surface area contributed by atoms with Gasteiger partial charge in [-0.3, -0.25) is 9.89 Å². The van der Waals surface area contributed by atoms with Gasteiger partial charge in [0.05, 0.1) is 18.6 Å². The van der Waals surface area contributed by atoms with Crippen LogP contribution < -0.4 is 5.56 Å². The highest BCUT2D eigenvalue weighted by atomic mass is 16.5. The molecule has 3 rings (SSSR count). The summed E-state index contributed by atoms with van der Waals surface area (Å²) in [7, 11) is 0. The molecule has 0 atom stereocenters. The Kier molecular flexibility index (Phi) is 2.85. The smallest absolute Gasteiger partial charge is 0.278 e. The van der Waals surface area contributed by atoms with E-state index in [4.69, 9.17) is 4.74 Å². The summed E-state index contributed by atoms with van der Waals surface area (Å²) >= 11 is 0. The molecule has 0 fully saturated rings. The molecule has 100 valence electrons. The van der Waals surface area contributed by atoms with E-state index in [0.717, 1.165) is 30.7 Å². The molecule has 19 heavy (non-hydrogen) atoms. The maximum absolute atomic E-state index is 12.5. The standard InChI is InChI=1S/C13H16N4O2/c1-8(2)10-11(9-4-3-5-19-6-9)16-13-14-7-15-17(13)12(10)18/h6-8H,3-5H2,1-2H3,(H,14,15,16). The van der Waals surface area contributed by atoms with Gasteiger partial charge in [0.25, 0.3) is 11.3 Å². The molecule has 6 heteroatoms. The summed E-state index contributed by atoms with van der Waals surface area (Å²) < 4.78 is 6.74.